The zero-order valence-corrected chi connectivity index (χ0v) is 14.3. The highest BCUT2D eigenvalue weighted by Gasteiger charge is 2.37. The Morgan fingerprint density at radius 1 is 1.30 bits per heavy atom. The molecule has 144 valence electrons. The molecular weight excluding hydrogens is 369 g/mol. The van der Waals surface area contributed by atoms with Gasteiger partial charge >= 0.3 is 6.18 Å². The largest absolute Gasteiger partial charge is 0.486 e. The zero-order chi connectivity index (χ0) is 19.6. The first-order valence-electron chi connectivity index (χ1n) is 8.13. The van der Waals surface area contributed by atoms with Crippen LogP contribution in [0.3, 0.4) is 0 Å². The molecule has 27 heavy (non-hydrogen) atoms. The van der Waals surface area contributed by atoms with Crippen LogP contribution in [-0.4, -0.2) is 33.7 Å². The summed E-state index contributed by atoms with van der Waals surface area (Å²) in [7, 11) is 0. The number of fused-ring (bicyclic) bond motifs is 1. The maximum Gasteiger partial charge on any atom is 0.395 e. The van der Waals surface area contributed by atoms with E-state index in [9.17, 15) is 22.0 Å². The molecule has 0 amide bonds. The fourth-order valence-corrected chi connectivity index (χ4v) is 2.68. The molecule has 1 atom stereocenters. The first-order chi connectivity index (χ1) is 12.8. The highest BCUT2D eigenvalue weighted by atomic mass is 19.4. The monoisotopic (exact) mass is 385 g/mol. The summed E-state index contributed by atoms with van der Waals surface area (Å²) in [5.74, 6) is -0.877. The number of alkyl halides is 5. The van der Waals surface area contributed by atoms with Crippen molar-refractivity contribution in [3.8, 4) is 17.1 Å². The summed E-state index contributed by atoms with van der Waals surface area (Å²) < 4.78 is 69.7. The molecule has 0 aromatic carbocycles. The lowest BCUT2D eigenvalue weighted by molar-refractivity contribution is -0.159. The second kappa shape index (κ2) is 7.50. The summed E-state index contributed by atoms with van der Waals surface area (Å²) in [6.45, 7) is 0.992. The van der Waals surface area contributed by atoms with Gasteiger partial charge in [-0.05, 0) is 31.6 Å². The van der Waals surface area contributed by atoms with Gasteiger partial charge in [0.1, 0.15) is 23.9 Å². The van der Waals surface area contributed by atoms with Gasteiger partial charge in [0.15, 0.2) is 0 Å². The summed E-state index contributed by atoms with van der Waals surface area (Å²) in [5, 5.41) is 0. The molecule has 0 aliphatic carbocycles. The fraction of sp³-hybridized carbons (Fsp3) is 0.333. The van der Waals surface area contributed by atoms with Crippen molar-refractivity contribution in [3.05, 3.63) is 42.0 Å². The first-order valence-corrected chi connectivity index (χ1v) is 8.13. The minimum absolute atomic E-state index is 0.157. The molecule has 4 nitrogen and oxygen atoms in total. The fourth-order valence-electron chi connectivity index (χ4n) is 2.68. The van der Waals surface area contributed by atoms with Gasteiger partial charge in [-0.2, -0.15) is 13.2 Å². The van der Waals surface area contributed by atoms with E-state index in [1.807, 2.05) is 0 Å². The minimum Gasteiger partial charge on any atom is -0.486 e. The van der Waals surface area contributed by atoms with Gasteiger partial charge in [0.05, 0.1) is 17.8 Å². The average molecular weight is 385 g/mol. The number of imidazole rings is 1. The lowest BCUT2D eigenvalue weighted by Crippen LogP contribution is -2.20. The molecule has 2 aromatic heterocycles. The molecule has 0 N–H and O–H groups in total. The highest BCUT2D eigenvalue weighted by molar-refractivity contribution is 5.63. The van der Waals surface area contributed by atoms with Crippen LogP contribution in [-0.2, 0) is 0 Å². The third-order valence-electron chi connectivity index (χ3n) is 4.08. The maximum absolute atomic E-state index is 13.0. The van der Waals surface area contributed by atoms with Gasteiger partial charge in [0, 0.05) is 11.9 Å². The smallest absolute Gasteiger partial charge is 0.395 e. The van der Waals surface area contributed by atoms with Gasteiger partial charge in [0.2, 0.25) is 0 Å². The van der Waals surface area contributed by atoms with Crippen LogP contribution in [0.5, 0.6) is 5.75 Å². The molecule has 0 spiro atoms. The van der Waals surface area contributed by atoms with E-state index >= 15 is 0 Å². The number of pyridine rings is 1. The number of ether oxygens (including phenoxy) is 1. The van der Waals surface area contributed by atoms with E-state index in [4.69, 9.17) is 4.74 Å². The van der Waals surface area contributed by atoms with Crippen molar-refractivity contribution in [1.82, 2.24) is 14.5 Å². The Bertz CT molecular complexity index is 853. The summed E-state index contributed by atoms with van der Waals surface area (Å²) in [5.41, 5.74) is 1.57. The Kier molecular flexibility index (Phi) is 5.29. The molecule has 0 radical (unpaired) electrons. The zero-order valence-electron chi connectivity index (χ0n) is 14.3. The topological polar surface area (TPSA) is 39.9 Å². The molecule has 1 aliphatic heterocycles. The van der Waals surface area contributed by atoms with Crippen molar-refractivity contribution in [3.63, 3.8) is 0 Å². The number of nitrogens with zero attached hydrogens (tertiary/aromatic N) is 3. The molecule has 0 bridgehead atoms. The Morgan fingerprint density at radius 3 is 2.70 bits per heavy atom. The summed E-state index contributed by atoms with van der Waals surface area (Å²) in [6.07, 6.45) is -0.292. The van der Waals surface area contributed by atoms with E-state index in [0.717, 1.165) is 6.08 Å². The molecule has 3 heterocycles. The van der Waals surface area contributed by atoms with Gasteiger partial charge in [-0.25, -0.2) is 13.8 Å². The number of rotatable bonds is 4. The van der Waals surface area contributed by atoms with E-state index in [2.05, 4.69) is 9.97 Å². The number of halogens is 5. The molecule has 3 rings (SSSR count). The predicted octanol–water partition coefficient (Wildman–Crippen LogP) is 4.96. The molecule has 0 saturated carbocycles. The van der Waals surface area contributed by atoms with E-state index in [1.54, 1.807) is 23.6 Å². The van der Waals surface area contributed by atoms with E-state index < -0.39 is 25.1 Å². The standard InChI is InChI=1S/C18H16F5N3O/c1-11-17(14-6-5-13(9-24-14)27-10-15(19)20)25-16-4-2-3-12(18(21,22)23)7-8-26(11)16/h2,4-9,12,15H,3,10H2,1H3. The van der Waals surface area contributed by atoms with Gasteiger partial charge < -0.3 is 9.30 Å². The molecular formula is C18H16F5N3O. The summed E-state index contributed by atoms with van der Waals surface area (Å²) in [4.78, 5) is 8.59. The summed E-state index contributed by atoms with van der Waals surface area (Å²) in [6, 6.07) is 3.06. The predicted molar refractivity (Wildman–Crippen MR) is 90.2 cm³/mol. The van der Waals surface area contributed by atoms with Gasteiger partial charge in [-0.3, -0.25) is 4.98 Å². The van der Waals surface area contributed by atoms with E-state index in [1.165, 1.54) is 24.5 Å². The van der Waals surface area contributed by atoms with Crippen molar-refractivity contribution in [2.24, 2.45) is 5.92 Å². The molecule has 1 aliphatic rings. The van der Waals surface area contributed by atoms with Crippen LogP contribution in [0.15, 0.2) is 30.5 Å². The van der Waals surface area contributed by atoms with Crippen LogP contribution >= 0.6 is 0 Å². The number of aromatic nitrogens is 3. The molecule has 9 heteroatoms. The van der Waals surface area contributed by atoms with Gasteiger partial charge in [-0.1, -0.05) is 12.2 Å². The minimum atomic E-state index is -4.31. The van der Waals surface area contributed by atoms with Crippen LogP contribution < -0.4 is 4.74 Å². The number of allylic oxidation sites excluding steroid dienone is 2. The Hall–Kier alpha value is -2.71. The third-order valence-corrected chi connectivity index (χ3v) is 4.08. The van der Waals surface area contributed by atoms with Gasteiger partial charge in [0.25, 0.3) is 6.43 Å². The second-order valence-electron chi connectivity index (χ2n) is 5.98. The van der Waals surface area contributed by atoms with Gasteiger partial charge in [-0.15, -0.1) is 0 Å². The van der Waals surface area contributed by atoms with Crippen LogP contribution in [0.25, 0.3) is 23.7 Å². The van der Waals surface area contributed by atoms with Crippen LogP contribution in [0.1, 0.15) is 17.9 Å². The van der Waals surface area contributed by atoms with Crippen molar-refractivity contribution in [1.29, 1.82) is 0 Å². The average Bonchev–Trinajstić information content (AvgIpc) is 2.87. The SMILES string of the molecule is Cc1c(-c2ccc(OCC(F)F)cn2)nc2n1C=CC(C(F)(F)F)CC=C2. The third kappa shape index (κ3) is 4.35. The second-order valence-corrected chi connectivity index (χ2v) is 5.98. The summed E-state index contributed by atoms with van der Waals surface area (Å²) >= 11 is 0. The Morgan fingerprint density at radius 2 is 2.07 bits per heavy atom. The molecule has 1 unspecified atom stereocenters. The van der Waals surface area contributed by atoms with Crippen LogP contribution in [0.4, 0.5) is 22.0 Å². The lowest BCUT2D eigenvalue weighted by atomic mass is 10.0. The molecule has 2 aromatic rings. The van der Waals surface area contributed by atoms with Crippen molar-refractivity contribution in [2.75, 3.05) is 6.61 Å². The quantitative estimate of drug-likeness (QED) is 0.698. The van der Waals surface area contributed by atoms with E-state index in [-0.39, 0.29) is 12.2 Å². The van der Waals surface area contributed by atoms with Crippen LogP contribution in [0.2, 0.25) is 0 Å². The lowest BCUT2D eigenvalue weighted by Gasteiger charge is -2.16. The maximum atomic E-state index is 13.0. The van der Waals surface area contributed by atoms with Crippen molar-refractivity contribution < 1.29 is 26.7 Å². The molecule has 0 fully saturated rings. The van der Waals surface area contributed by atoms with Crippen molar-refractivity contribution >= 4 is 12.3 Å². The Balaban J connectivity index is 1.88. The highest BCUT2D eigenvalue weighted by Crippen LogP contribution is 2.33. The van der Waals surface area contributed by atoms with Crippen molar-refractivity contribution in [2.45, 2.75) is 25.9 Å². The number of hydrogen-bond acceptors (Lipinski definition) is 3. The first kappa shape index (κ1) is 19.1. The van der Waals surface area contributed by atoms with Crippen LogP contribution in [0, 0.1) is 12.8 Å². The van der Waals surface area contributed by atoms with E-state index in [0.29, 0.717) is 22.9 Å². The normalized spacial score (nSPS) is 16.9. The molecule has 0 saturated heterocycles. The Labute approximate surface area is 152 Å². The number of hydrogen-bond donors (Lipinski definition) is 0.